The van der Waals surface area contributed by atoms with Crippen molar-refractivity contribution in [1.29, 1.82) is 0 Å². The lowest BCUT2D eigenvalue weighted by Crippen LogP contribution is -2.42. The molecule has 0 saturated heterocycles. The van der Waals surface area contributed by atoms with Crippen LogP contribution in [0.5, 0.6) is 5.75 Å². The molecule has 2 saturated carbocycles. The fraction of sp³-hybridized carbons (Fsp3) is 0.533. The van der Waals surface area contributed by atoms with E-state index in [0.717, 1.165) is 37.2 Å². The summed E-state index contributed by atoms with van der Waals surface area (Å²) in [7, 11) is 0. The fourth-order valence-electron chi connectivity index (χ4n) is 2.54. The van der Waals surface area contributed by atoms with Crippen LogP contribution in [0.4, 0.5) is 0 Å². The van der Waals surface area contributed by atoms with Crippen LogP contribution in [-0.4, -0.2) is 17.7 Å². The van der Waals surface area contributed by atoms with Gasteiger partial charge in [-0.2, -0.15) is 0 Å². The highest BCUT2D eigenvalue weighted by Gasteiger charge is 2.46. The third-order valence-electron chi connectivity index (χ3n) is 4.19. The van der Waals surface area contributed by atoms with E-state index in [1.807, 2.05) is 24.3 Å². The lowest BCUT2D eigenvalue weighted by Gasteiger charge is -2.38. The monoisotopic (exact) mass is 246 g/mol. The molecule has 1 aromatic rings. The molecule has 3 rings (SSSR count). The highest BCUT2D eigenvalue weighted by molar-refractivity contribution is 5.82. The number of carboxylic acids is 1. The van der Waals surface area contributed by atoms with Gasteiger partial charge < -0.3 is 9.84 Å². The summed E-state index contributed by atoms with van der Waals surface area (Å²) in [5.74, 6) is 0.825. The number of hydrogen-bond donors (Lipinski definition) is 1. The van der Waals surface area contributed by atoms with Crippen molar-refractivity contribution in [2.75, 3.05) is 6.61 Å². The molecule has 0 bridgehead atoms. The number of carboxylic acid groups (broad SMARTS) is 1. The predicted octanol–water partition coefficient (Wildman–Crippen LogP) is 2.98. The predicted molar refractivity (Wildman–Crippen MR) is 67.8 cm³/mol. The van der Waals surface area contributed by atoms with Crippen molar-refractivity contribution in [3.8, 4) is 5.75 Å². The fourth-order valence-corrected chi connectivity index (χ4v) is 2.54. The van der Waals surface area contributed by atoms with Gasteiger partial charge in [-0.1, -0.05) is 18.6 Å². The van der Waals surface area contributed by atoms with Crippen LogP contribution in [0.25, 0.3) is 0 Å². The minimum absolute atomic E-state index is 0.654. The Labute approximate surface area is 107 Å². The maximum atomic E-state index is 11.5. The van der Waals surface area contributed by atoms with Crippen LogP contribution < -0.4 is 4.74 Å². The van der Waals surface area contributed by atoms with E-state index < -0.39 is 11.4 Å². The van der Waals surface area contributed by atoms with Gasteiger partial charge in [-0.25, -0.2) is 0 Å². The Morgan fingerprint density at radius 1 is 1.39 bits per heavy atom. The molecule has 0 aliphatic heterocycles. The Morgan fingerprint density at radius 2 is 2.17 bits per heavy atom. The molecule has 96 valence electrons. The number of benzene rings is 1. The number of carbonyl (C=O) groups is 1. The second-order valence-corrected chi connectivity index (χ2v) is 5.52. The van der Waals surface area contributed by atoms with Crippen LogP contribution in [-0.2, 0) is 10.2 Å². The average molecular weight is 246 g/mol. The van der Waals surface area contributed by atoms with Crippen molar-refractivity contribution < 1.29 is 14.6 Å². The molecule has 0 unspecified atom stereocenters. The van der Waals surface area contributed by atoms with Gasteiger partial charge >= 0.3 is 5.97 Å². The van der Waals surface area contributed by atoms with Crippen LogP contribution in [0, 0.1) is 5.92 Å². The minimum Gasteiger partial charge on any atom is -0.493 e. The third-order valence-corrected chi connectivity index (χ3v) is 4.19. The van der Waals surface area contributed by atoms with E-state index in [9.17, 15) is 9.90 Å². The number of rotatable bonds is 5. The standard InChI is InChI=1S/C15H18O3/c16-14(17)15(7-2-8-15)12-3-1-4-13(9-12)18-10-11-5-6-11/h1,3-4,9,11H,2,5-8,10H2,(H,16,17). The number of ether oxygens (including phenoxy) is 1. The molecule has 2 aliphatic rings. The Balaban J connectivity index is 1.78. The van der Waals surface area contributed by atoms with Gasteiger partial charge in [-0.05, 0) is 49.3 Å². The SMILES string of the molecule is O=C(O)C1(c2cccc(OCC3CC3)c2)CCC1. The molecule has 2 fully saturated rings. The molecule has 0 aromatic heterocycles. The van der Waals surface area contributed by atoms with Gasteiger partial charge in [0.05, 0.1) is 12.0 Å². The summed E-state index contributed by atoms with van der Waals surface area (Å²) in [5, 5.41) is 9.42. The summed E-state index contributed by atoms with van der Waals surface area (Å²) < 4.78 is 5.72. The van der Waals surface area contributed by atoms with E-state index in [4.69, 9.17) is 4.74 Å². The van der Waals surface area contributed by atoms with Crippen molar-refractivity contribution in [1.82, 2.24) is 0 Å². The zero-order chi connectivity index (χ0) is 12.6. The molecular weight excluding hydrogens is 228 g/mol. The molecule has 0 atom stereocenters. The molecule has 1 N–H and O–H groups in total. The maximum Gasteiger partial charge on any atom is 0.314 e. The van der Waals surface area contributed by atoms with E-state index in [2.05, 4.69) is 0 Å². The first-order valence-electron chi connectivity index (χ1n) is 6.67. The minimum atomic E-state index is -0.701. The van der Waals surface area contributed by atoms with Crippen LogP contribution in [0.1, 0.15) is 37.7 Å². The maximum absolute atomic E-state index is 11.5. The highest BCUT2D eigenvalue weighted by atomic mass is 16.5. The summed E-state index contributed by atoms with van der Waals surface area (Å²) in [5.41, 5.74) is 0.244. The van der Waals surface area contributed by atoms with Crippen molar-refractivity contribution in [2.24, 2.45) is 5.92 Å². The quantitative estimate of drug-likeness (QED) is 0.868. The molecule has 3 nitrogen and oxygen atoms in total. The van der Waals surface area contributed by atoms with Gasteiger partial charge in [0, 0.05) is 0 Å². The van der Waals surface area contributed by atoms with Crippen molar-refractivity contribution in [3.63, 3.8) is 0 Å². The molecular formula is C15H18O3. The lowest BCUT2D eigenvalue weighted by atomic mass is 9.64. The first-order chi connectivity index (χ1) is 8.71. The Hall–Kier alpha value is -1.51. The molecule has 0 spiro atoms. The zero-order valence-electron chi connectivity index (χ0n) is 10.4. The van der Waals surface area contributed by atoms with E-state index in [1.54, 1.807) is 0 Å². The summed E-state index contributed by atoms with van der Waals surface area (Å²) >= 11 is 0. The number of hydrogen-bond acceptors (Lipinski definition) is 2. The molecule has 1 aromatic carbocycles. The first-order valence-corrected chi connectivity index (χ1v) is 6.67. The largest absolute Gasteiger partial charge is 0.493 e. The Bertz CT molecular complexity index is 459. The summed E-state index contributed by atoms with van der Waals surface area (Å²) in [4.78, 5) is 11.5. The van der Waals surface area contributed by atoms with Crippen molar-refractivity contribution >= 4 is 5.97 Å². The molecule has 0 amide bonds. The van der Waals surface area contributed by atoms with E-state index in [1.165, 1.54) is 12.8 Å². The van der Waals surface area contributed by atoms with Gasteiger partial charge in [0.1, 0.15) is 5.75 Å². The van der Waals surface area contributed by atoms with Gasteiger partial charge in [0.2, 0.25) is 0 Å². The summed E-state index contributed by atoms with van der Waals surface area (Å²) in [6.45, 7) is 0.767. The smallest absolute Gasteiger partial charge is 0.314 e. The van der Waals surface area contributed by atoms with E-state index >= 15 is 0 Å². The van der Waals surface area contributed by atoms with Crippen LogP contribution in [0.15, 0.2) is 24.3 Å². The molecule has 2 aliphatic carbocycles. The average Bonchev–Trinajstić information content (AvgIpc) is 3.08. The Kier molecular flexibility index (Phi) is 2.77. The second-order valence-electron chi connectivity index (χ2n) is 5.52. The Morgan fingerprint density at radius 3 is 2.72 bits per heavy atom. The van der Waals surface area contributed by atoms with Gasteiger partial charge in [0.25, 0.3) is 0 Å². The zero-order valence-corrected chi connectivity index (χ0v) is 10.4. The third kappa shape index (κ3) is 1.98. The van der Waals surface area contributed by atoms with E-state index in [-0.39, 0.29) is 0 Å². The number of aliphatic carboxylic acids is 1. The van der Waals surface area contributed by atoms with Gasteiger partial charge in [-0.15, -0.1) is 0 Å². The van der Waals surface area contributed by atoms with Crippen LogP contribution in [0.3, 0.4) is 0 Å². The molecule has 3 heteroatoms. The van der Waals surface area contributed by atoms with Crippen molar-refractivity contribution in [2.45, 2.75) is 37.5 Å². The second kappa shape index (κ2) is 4.30. The highest BCUT2D eigenvalue weighted by Crippen LogP contribution is 2.44. The first kappa shape index (κ1) is 11.6. The van der Waals surface area contributed by atoms with Crippen molar-refractivity contribution in [3.05, 3.63) is 29.8 Å². The van der Waals surface area contributed by atoms with Gasteiger partial charge in [0.15, 0.2) is 0 Å². The van der Waals surface area contributed by atoms with Gasteiger partial charge in [-0.3, -0.25) is 4.79 Å². The summed E-state index contributed by atoms with van der Waals surface area (Å²) in [6.07, 6.45) is 5.01. The van der Waals surface area contributed by atoms with Crippen LogP contribution >= 0.6 is 0 Å². The van der Waals surface area contributed by atoms with E-state index in [0.29, 0.717) is 5.92 Å². The lowest BCUT2D eigenvalue weighted by molar-refractivity contribution is -0.147. The molecule has 0 heterocycles. The normalized spacial score (nSPS) is 21.1. The molecule has 18 heavy (non-hydrogen) atoms. The molecule has 0 radical (unpaired) electrons. The summed E-state index contributed by atoms with van der Waals surface area (Å²) in [6, 6.07) is 7.65. The van der Waals surface area contributed by atoms with Crippen LogP contribution in [0.2, 0.25) is 0 Å². The topological polar surface area (TPSA) is 46.5 Å².